The molecule has 0 aliphatic carbocycles. The highest BCUT2D eigenvalue weighted by Crippen LogP contribution is 2.07. The van der Waals surface area contributed by atoms with Crippen LogP contribution in [-0.2, 0) is 14.5 Å². The van der Waals surface area contributed by atoms with E-state index in [1.165, 1.54) is 0 Å². The summed E-state index contributed by atoms with van der Waals surface area (Å²) in [4.78, 5) is 0. The molecule has 4 nitrogen and oxygen atoms in total. The van der Waals surface area contributed by atoms with Crippen molar-refractivity contribution in [3.63, 3.8) is 0 Å². The lowest BCUT2D eigenvalue weighted by Gasteiger charge is -2.03. The standard InChI is InChI=1S/C7H9NO3S.ClH/c1-11-12(9,10)8-7-5-3-2-4-6-7;/h2-6,8H,1H3;1H. The van der Waals surface area contributed by atoms with E-state index in [-0.39, 0.29) is 12.4 Å². The van der Waals surface area contributed by atoms with E-state index < -0.39 is 10.3 Å². The number of hydrogen-bond donors (Lipinski definition) is 1. The summed E-state index contributed by atoms with van der Waals surface area (Å²) in [6.07, 6.45) is 0. The first-order valence-electron chi connectivity index (χ1n) is 3.27. The summed E-state index contributed by atoms with van der Waals surface area (Å²) in [7, 11) is -2.52. The monoisotopic (exact) mass is 223 g/mol. The summed E-state index contributed by atoms with van der Waals surface area (Å²) >= 11 is 0. The Labute approximate surface area is 83.6 Å². The van der Waals surface area contributed by atoms with Crippen molar-refractivity contribution in [1.82, 2.24) is 0 Å². The number of hydrogen-bond acceptors (Lipinski definition) is 3. The Morgan fingerprint density at radius 1 is 1.23 bits per heavy atom. The highest BCUT2D eigenvalue weighted by Gasteiger charge is 2.05. The number of rotatable bonds is 3. The Morgan fingerprint density at radius 2 is 1.77 bits per heavy atom. The molecule has 1 aromatic carbocycles. The Morgan fingerprint density at radius 3 is 2.23 bits per heavy atom. The van der Waals surface area contributed by atoms with Crippen LogP contribution in [-0.4, -0.2) is 15.5 Å². The van der Waals surface area contributed by atoms with Gasteiger partial charge in [-0.3, -0.25) is 8.91 Å². The minimum absolute atomic E-state index is 0. The highest BCUT2D eigenvalue weighted by atomic mass is 35.5. The molecule has 0 saturated carbocycles. The molecule has 0 spiro atoms. The van der Waals surface area contributed by atoms with Gasteiger partial charge in [0, 0.05) is 0 Å². The van der Waals surface area contributed by atoms with Crippen LogP contribution >= 0.6 is 12.4 Å². The zero-order valence-electron chi connectivity index (χ0n) is 6.93. The van der Waals surface area contributed by atoms with E-state index in [1.807, 2.05) is 0 Å². The summed E-state index contributed by atoms with van der Waals surface area (Å²) in [6.45, 7) is 0. The fourth-order valence-corrected chi connectivity index (χ4v) is 1.20. The molecule has 1 aromatic rings. The molecule has 1 N–H and O–H groups in total. The van der Waals surface area contributed by atoms with E-state index in [0.29, 0.717) is 5.69 Å². The van der Waals surface area contributed by atoms with Crippen LogP contribution in [0.5, 0.6) is 0 Å². The van der Waals surface area contributed by atoms with Gasteiger partial charge < -0.3 is 0 Å². The Balaban J connectivity index is 0.00000144. The number of para-hydroxylation sites is 1. The van der Waals surface area contributed by atoms with Crippen LogP contribution in [0, 0.1) is 0 Å². The van der Waals surface area contributed by atoms with Gasteiger partial charge in [0.15, 0.2) is 0 Å². The highest BCUT2D eigenvalue weighted by molar-refractivity contribution is 7.88. The number of halogens is 1. The number of nitrogens with one attached hydrogen (secondary N) is 1. The molecule has 0 unspecified atom stereocenters. The third-order valence-electron chi connectivity index (χ3n) is 1.24. The lowest BCUT2D eigenvalue weighted by atomic mass is 10.3. The lowest BCUT2D eigenvalue weighted by Crippen LogP contribution is -2.13. The van der Waals surface area contributed by atoms with Crippen LogP contribution in [0.25, 0.3) is 0 Å². The molecule has 0 amide bonds. The molecule has 0 aromatic heterocycles. The first kappa shape index (κ1) is 12.2. The van der Waals surface area contributed by atoms with Crippen molar-refractivity contribution in [3.8, 4) is 0 Å². The van der Waals surface area contributed by atoms with Gasteiger partial charge in [-0.2, -0.15) is 8.42 Å². The second-order valence-electron chi connectivity index (χ2n) is 2.09. The molecular formula is C7H10ClNO3S. The van der Waals surface area contributed by atoms with Gasteiger partial charge in [0.1, 0.15) is 0 Å². The summed E-state index contributed by atoms with van der Waals surface area (Å²) < 4.78 is 28.1. The minimum Gasteiger partial charge on any atom is -0.261 e. The maximum atomic E-state index is 10.8. The van der Waals surface area contributed by atoms with Gasteiger partial charge in [-0.1, -0.05) is 18.2 Å². The molecule has 0 radical (unpaired) electrons. The molecule has 0 atom stereocenters. The normalized spacial score (nSPS) is 10.2. The van der Waals surface area contributed by atoms with Crippen molar-refractivity contribution in [2.75, 3.05) is 11.8 Å². The largest absolute Gasteiger partial charge is 0.359 e. The summed E-state index contributed by atoms with van der Waals surface area (Å²) in [5, 5.41) is 0. The van der Waals surface area contributed by atoms with E-state index in [9.17, 15) is 8.42 Å². The first-order chi connectivity index (χ1) is 5.64. The summed E-state index contributed by atoms with van der Waals surface area (Å²) in [5.74, 6) is 0. The average molecular weight is 224 g/mol. The lowest BCUT2D eigenvalue weighted by molar-refractivity contribution is 0.402. The van der Waals surface area contributed by atoms with Gasteiger partial charge in [-0.05, 0) is 12.1 Å². The van der Waals surface area contributed by atoms with Crippen molar-refractivity contribution in [2.45, 2.75) is 0 Å². The fourth-order valence-electron chi connectivity index (χ4n) is 0.692. The van der Waals surface area contributed by atoms with Gasteiger partial charge >= 0.3 is 10.3 Å². The van der Waals surface area contributed by atoms with Crippen molar-refractivity contribution in [2.24, 2.45) is 0 Å². The number of benzene rings is 1. The molecule has 0 fully saturated rings. The zero-order valence-corrected chi connectivity index (χ0v) is 8.56. The molecular weight excluding hydrogens is 214 g/mol. The molecule has 0 bridgehead atoms. The predicted octanol–water partition coefficient (Wildman–Crippen LogP) is 1.41. The Bertz CT molecular complexity index is 338. The van der Waals surface area contributed by atoms with Gasteiger partial charge in [0.05, 0.1) is 12.8 Å². The zero-order chi connectivity index (χ0) is 9.03. The van der Waals surface area contributed by atoms with Gasteiger partial charge in [0.25, 0.3) is 0 Å². The topological polar surface area (TPSA) is 55.4 Å². The van der Waals surface area contributed by atoms with Crippen LogP contribution in [0.3, 0.4) is 0 Å². The van der Waals surface area contributed by atoms with E-state index in [4.69, 9.17) is 0 Å². The van der Waals surface area contributed by atoms with E-state index in [0.717, 1.165) is 7.11 Å². The predicted molar refractivity (Wildman–Crippen MR) is 53.2 cm³/mol. The third-order valence-corrected chi connectivity index (χ3v) is 2.16. The van der Waals surface area contributed by atoms with Gasteiger partial charge in [-0.25, -0.2) is 0 Å². The van der Waals surface area contributed by atoms with Crippen molar-refractivity contribution in [3.05, 3.63) is 30.3 Å². The molecule has 6 heteroatoms. The SMILES string of the molecule is COS(=O)(=O)Nc1ccccc1.Cl. The molecule has 0 heterocycles. The molecule has 0 saturated heterocycles. The number of anilines is 1. The quantitative estimate of drug-likeness (QED) is 0.843. The smallest absolute Gasteiger partial charge is 0.261 e. The van der Waals surface area contributed by atoms with Gasteiger partial charge in [-0.15, -0.1) is 12.4 Å². The third kappa shape index (κ3) is 4.12. The van der Waals surface area contributed by atoms with Crippen LogP contribution in [0.2, 0.25) is 0 Å². The van der Waals surface area contributed by atoms with E-state index in [1.54, 1.807) is 30.3 Å². The van der Waals surface area contributed by atoms with E-state index >= 15 is 0 Å². The van der Waals surface area contributed by atoms with Crippen molar-refractivity contribution < 1.29 is 12.6 Å². The fraction of sp³-hybridized carbons (Fsp3) is 0.143. The van der Waals surface area contributed by atoms with Crippen LogP contribution in [0.15, 0.2) is 30.3 Å². The first-order valence-corrected chi connectivity index (χ1v) is 4.68. The van der Waals surface area contributed by atoms with Crippen LogP contribution in [0.1, 0.15) is 0 Å². The second-order valence-corrected chi connectivity index (χ2v) is 3.53. The maximum absolute atomic E-state index is 10.8. The molecule has 1 rings (SSSR count). The Kier molecular flexibility index (Phi) is 4.76. The maximum Gasteiger partial charge on any atom is 0.359 e. The van der Waals surface area contributed by atoms with Crippen LogP contribution < -0.4 is 4.72 Å². The van der Waals surface area contributed by atoms with Crippen molar-refractivity contribution >= 4 is 28.4 Å². The van der Waals surface area contributed by atoms with Crippen LogP contribution in [0.4, 0.5) is 5.69 Å². The van der Waals surface area contributed by atoms with E-state index in [2.05, 4.69) is 8.91 Å². The second kappa shape index (κ2) is 5.06. The van der Waals surface area contributed by atoms with Gasteiger partial charge in [0.2, 0.25) is 0 Å². The minimum atomic E-state index is -3.62. The summed E-state index contributed by atoms with van der Waals surface area (Å²) in [5.41, 5.74) is 0.486. The van der Waals surface area contributed by atoms with Crippen molar-refractivity contribution in [1.29, 1.82) is 0 Å². The molecule has 13 heavy (non-hydrogen) atoms. The molecule has 0 aliphatic rings. The Hall–Kier alpha value is -0.780. The molecule has 74 valence electrons. The average Bonchev–Trinajstić information content (AvgIpc) is 2.06. The molecule has 0 aliphatic heterocycles. The summed E-state index contributed by atoms with van der Waals surface area (Å²) in [6, 6.07) is 8.53.